The van der Waals surface area contributed by atoms with E-state index in [0.29, 0.717) is 16.9 Å². The fraction of sp³-hybridized carbons (Fsp3) is 0.154. The third-order valence-corrected chi connectivity index (χ3v) is 4.75. The summed E-state index contributed by atoms with van der Waals surface area (Å²) in [5.74, 6) is -0.313. The van der Waals surface area contributed by atoms with Gasteiger partial charge in [-0.15, -0.1) is 0 Å². The highest BCUT2D eigenvalue weighted by molar-refractivity contribution is 6.22. The van der Waals surface area contributed by atoms with Crippen LogP contribution in [0, 0.1) is 0 Å². The Morgan fingerprint density at radius 3 is 2.19 bits per heavy atom. The normalized spacial score (nSPS) is 12.0. The van der Waals surface area contributed by atoms with E-state index in [1.807, 2.05) is 91.9 Å². The molecule has 0 aliphatic heterocycles. The van der Waals surface area contributed by atoms with Crippen LogP contribution in [0.15, 0.2) is 84.9 Å². The van der Waals surface area contributed by atoms with Crippen LogP contribution in [-0.4, -0.2) is 25.6 Å². The second-order valence-corrected chi connectivity index (χ2v) is 6.94. The van der Waals surface area contributed by atoms with Gasteiger partial charge in [0, 0.05) is 5.56 Å². The fourth-order valence-electron chi connectivity index (χ4n) is 3.14. The summed E-state index contributed by atoms with van der Waals surface area (Å²) < 4.78 is 10.7. The molecule has 3 aromatic carbocycles. The van der Waals surface area contributed by atoms with Crippen molar-refractivity contribution in [1.29, 1.82) is 0 Å². The largest absolute Gasteiger partial charge is 0.496 e. The van der Waals surface area contributed by atoms with Crippen LogP contribution >= 0.6 is 0 Å². The number of hydrogen-bond donors (Lipinski definition) is 1. The highest BCUT2D eigenvalue weighted by Crippen LogP contribution is 2.25. The molecule has 0 aromatic heterocycles. The molecule has 0 spiro atoms. The predicted octanol–water partition coefficient (Wildman–Crippen LogP) is 4.66. The van der Waals surface area contributed by atoms with Crippen molar-refractivity contribution in [1.82, 2.24) is 5.32 Å². The molecule has 1 amide bonds. The molecule has 158 valence electrons. The fourth-order valence-corrected chi connectivity index (χ4v) is 3.14. The van der Waals surface area contributed by atoms with Gasteiger partial charge in [0.2, 0.25) is 0 Å². The Balaban J connectivity index is 1.73. The van der Waals surface area contributed by atoms with Crippen LogP contribution in [0.25, 0.3) is 11.6 Å². The molecule has 5 nitrogen and oxygen atoms in total. The van der Waals surface area contributed by atoms with Crippen LogP contribution in [0.2, 0.25) is 0 Å². The summed E-state index contributed by atoms with van der Waals surface area (Å²) in [6.45, 7) is 1.51. The first-order valence-electron chi connectivity index (χ1n) is 10.00. The van der Waals surface area contributed by atoms with E-state index in [1.54, 1.807) is 13.2 Å². The third-order valence-electron chi connectivity index (χ3n) is 4.75. The van der Waals surface area contributed by atoms with E-state index in [-0.39, 0.29) is 18.6 Å². The number of para-hydroxylation sites is 1. The van der Waals surface area contributed by atoms with Crippen molar-refractivity contribution < 1.29 is 19.1 Å². The van der Waals surface area contributed by atoms with Crippen molar-refractivity contribution in [3.05, 3.63) is 102 Å². The second-order valence-electron chi connectivity index (χ2n) is 6.94. The highest BCUT2D eigenvalue weighted by atomic mass is 16.5. The van der Waals surface area contributed by atoms with Gasteiger partial charge in [0.15, 0.2) is 6.61 Å². The number of methoxy groups -OCH3 is 1. The standard InChI is InChI=1S/C26H25NO4/c1-19(20-11-5-3-6-12-20)27-25(28)18-31-26(29)23(21-13-7-4-8-14-21)17-22-15-9-10-16-24(22)30-2/h3-17,19H,18H2,1-2H3,(H,27,28)/b23-17+/t19-/m0/s1. The lowest BCUT2D eigenvalue weighted by Crippen LogP contribution is -2.31. The lowest BCUT2D eigenvalue weighted by molar-refractivity contribution is -0.143. The zero-order valence-corrected chi connectivity index (χ0v) is 17.6. The van der Waals surface area contributed by atoms with Gasteiger partial charge in [-0.3, -0.25) is 4.79 Å². The number of ether oxygens (including phenoxy) is 2. The number of rotatable bonds is 8. The van der Waals surface area contributed by atoms with Gasteiger partial charge >= 0.3 is 5.97 Å². The molecule has 31 heavy (non-hydrogen) atoms. The lowest BCUT2D eigenvalue weighted by Gasteiger charge is -2.15. The molecule has 0 saturated heterocycles. The van der Waals surface area contributed by atoms with Crippen molar-refractivity contribution in [2.75, 3.05) is 13.7 Å². The van der Waals surface area contributed by atoms with Gasteiger partial charge in [0.1, 0.15) is 5.75 Å². The molecule has 0 aliphatic carbocycles. The van der Waals surface area contributed by atoms with E-state index < -0.39 is 5.97 Å². The predicted molar refractivity (Wildman–Crippen MR) is 121 cm³/mol. The van der Waals surface area contributed by atoms with E-state index >= 15 is 0 Å². The van der Waals surface area contributed by atoms with Crippen LogP contribution in [-0.2, 0) is 14.3 Å². The van der Waals surface area contributed by atoms with Crippen molar-refractivity contribution >= 4 is 23.5 Å². The quantitative estimate of drug-likeness (QED) is 0.330. The van der Waals surface area contributed by atoms with E-state index in [9.17, 15) is 9.59 Å². The first kappa shape index (κ1) is 21.8. The Hall–Kier alpha value is -3.86. The molecule has 0 fully saturated rings. The molecular weight excluding hydrogens is 390 g/mol. The van der Waals surface area contributed by atoms with E-state index in [2.05, 4.69) is 5.32 Å². The van der Waals surface area contributed by atoms with Gasteiger partial charge in [-0.2, -0.15) is 0 Å². The van der Waals surface area contributed by atoms with Crippen molar-refractivity contribution in [2.24, 2.45) is 0 Å². The zero-order valence-electron chi connectivity index (χ0n) is 17.6. The van der Waals surface area contributed by atoms with Crippen molar-refractivity contribution in [3.63, 3.8) is 0 Å². The van der Waals surface area contributed by atoms with E-state index in [4.69, 9.17) is 9.47 Å². The minimum absolute atomic E-state index is 0.190. The zero-order chi connectivity index (χ0) is 22.1. The Morgan fingerprint density at radius 1 is 0.903 bits per heavy atom. The van der Waals surface area contributed by atoms with Crippen LogP contribution in [0.3, 0.4) is 0 Å². The number of hydrogen-bond acceptors (Lipinski definition) is 4. The van der Waals surface area contributed by atoms with Crippen LogP contribution in [0.5, 0.6) is 5.75 Å². The van der Waals surface area contributed by atoms with Gasteiger partial charge in [0.25, 0.3) is 5.91 Å². The monoisotopic (exact) mass is 415 g/mol. The maximum atomic E-state index is 12.9. The Labute approximate surface area is 182 Å². The number of amides is 1. The lowest BCUT2D eigenvalue weighted by atomic mass is 10.0. The van der Waals surface area contributed by atoms with Crippen LogP contribution in [0.4, 0.5) is 0 Å². The first-order valence-corrected chi connectivity index (χ1v) is 10.00. The topological polar surface area (TPSA) is 64.6 Å². The number of benzene rings is 3. The molecular formula is C26H25NO4. The number of carbonyl (C=O) groups excluding carboxylic acids is 2. The average molecular weight is 415 g/mol. The van der Waals surface area contributed by atoms with Crippen molar-refractivity contribution in [3.8, 4) is 5.75 Å². The van der Waals surface area contributed by atoms with Gasteiger partial charge in [-0.25, -0.2) is 4.79 Å². The number of esters is 1. The first-order chi connectivity index (χ1) is 15.1. The minimum Gasteiger partial charge on any atom is -0.496 e. The number of carbonyl (C=O) groups is 2. The van der Waals surface area contributed by atoms with Crippen LogP contribution in [0.1, 0.15) is 29.7 Å². The highest BCUT2D eigenvalue weighted by Gasteiger charge is 2.17. The van der Waals surface area contributed by atoms with Crippen LogP contribution < -0.4 is 10.1 Å². The SMILES string of the molecule is COc1ccccc1/C=C(/C(=O)OCC(=O)N[C@@H](C)c1ccccc1)c1ccccc1. The van der Waals surface area contributed by atoms with Crippen molar-refractivity contribution in [2.45, 2.75) is 13.0 Å². The minimum atomic E-state index is -0.584. The summed E-state index contributed by atoms with van der Waals surface area (Å²) in [5, 5.41) is 2.84. The summed E-state index contributed by atoms with van der Waals surface area (Å²) in [6.07, 6.45) is 1.71. The Bertz CT molecular complexity index is 1050. The summed E-state index contributed by atoms with van der Waals surface area (Å²) in [7, 11) is 1.57. The molecule has 3 aromatic rings. The summed E-state index contributed by atoms with van der Waals surface area (Å²) in [6, 6.07) is 26.0. The summed E-state index contributed by atoms with van der Waals surface area (Å²) in [5.41, 5.74) is 2.75. The molecule has 0 heterocycles. The molecule has 0 bridgehead atoms. The van der Waals surface area contributed by atoms with E-state index in [1.165, 1.54) is 0 Å². The average Bonchev–Trinajstić information content (AvgIpc) is 2.82. The Kier molecular flexibility index (Phi) is 7.60. The molecule has 3 rings (SSSR count). The second kappa shape index (κ2) is 10.8. The van der Waals surface area contributed by atoms with Gasteiger partial charge in [-0.1, -0.05) is 78.9 Å². The van der Waals surface area contributed by atoms with E-state index in [0.717, 1.165) is 11.1 Å². The molecule has 5 heteroatoms. The molecule has 1 atom stereocenters. The molecule has 0 saturated carbocycles. The molecule has 0 radical (unpaired) electrons. The summed E-state index contributed by atoms with van der Waals surface area (Å²) >= 11 is 0. The maximum Gasteiger partial charge on any atom is 0.339 e. The maximum absolute atomic E-state index is 12.9. The van der Waals surface area contributed by atoms with Gasteiger partial charge < -0.3 is 14.8 Å². The number of nitrogens with one attached hydrogen (secondary N) is 1. The molecule has 1 N–H and O–H groups in total. The molecule has 0 unspecified atom stereocenters. The summed E-state index contributed by atoms with van der Waals surface area (Å²) in [4.78, 5) is 25.2. The van der Waals surface area contributed by atoms with Gasteiger partial charge in [0.05, 0.1) is 18.7 Å². The smallest absolute Gasteiger partial charge is 0.339 e. The van der Waals surface area contributed by atoms with Gasteiger partial charge in [-0.05, 0) is 30.2 Å². The third kappa shape index (κ3) is 6.06. The molecule has 0 aliphatic rings. The Morgan fingerprint density at radius 2 is 1.52 bits per heavy atom.